The van der Waals surface area contributed by atoms with Crippen molar-refractivity contribution >= 4 is 17.4 Å². The first-order valence-electron chi connectivity index (χ1n) is 7.47. The molecule has 2 nitrogen and oxygen atoms in total. The highest BCUT2D eigenvalue weighted by atomic mass is 35.5. The number of carbonyl (C=O) groups is 1. The number of ketones is 1. The highest BCUT2D eigenvalue weighted by molar-refractivity contribution is 6.23. The minimum Gasteiger partial charge on any atom is -0.496 e. The zero-order chi connectivity index (χ0) is 15.9. The van der Waals surface area contributed by atoms with Crippen molar-refractivity contribution < 1.29 is 13.9 Å². The highest BCUT2D eigenvalue weighted by Gasteiger charge is 2.28. The SMILES string of the molecule is COC1=CC(C)C(Cl)C=C1C(=O)c1cc(F)cc(C2CC2)c1. The zero-order valence-corrected chi connectivity index (χ0v) is 13.4. The molecule has 3 rings (SSSR count). The maximum Gasteiger partial charge on any atom is 0.196 e. The molecule has 1 aromatic rings. The number of methoxy groups -OCH3 is 1. The third kappa shape index (κ3) is 2.95. The number of allylic oxidation sites excluding steroid dienone is 3. The Morgan fingerprint density at radius 3 is 2.64 bits per heavy atom. The molecule has 1 aromatic carbocycles. The zero-order valence-electron chi connectivity index (χ0n) is 12.6. The van der Waals surface area contributed by atoms with E-state index in [1.165, 1.54) is 19.2 Å². The van der Waals surface area contributed by atoms with Crippen LogP contribution in [0.5, 0.6) is 0 Å². The van der Waals surface area contributed by atoms with Gasteiger partial charge in [-0.3, -0.25) is 4.79 Å². The fourth-order valence-electron chi connectivity index (χ4n) is 2.73. The summed E-state index contributed by atoms with van der Waals surface area (Å²) < 4.78 is 19.1. The van der Waals surface area contributed by atoms with Gasteiger partial charge >= 0.3 is 0 Å². The first kappa shape index (κ1) is 15.3. The second kappa shape index (κ2) is 5.88. The first-order valence-corrected chi connectivity index (χ1v) is 7.90. The van der Waals surface area contributed by atoms with Gasteiger partial charge in [-0.05, 0) is 54.5 Å². The Labute approximate surface area is 134 Å². The number of benzene rings is 1. The molecule has 2 aliphatic carbocycles. The summed E-state index contributed by atoms with van der Waals surface area (Å²) in [7, 11) is 1.52. The Kier molecular flexibility index (Phi) is 4.09. The lowest BCUT2D eigenvalue weighted by atomic mass is 9.91. The number of carbonyl (C=O) groups excluding carboxylic acids is 1. The van der Waals surface area contributed by atoms with E-state index in [9.17, 15) is 9.18 Å². The van der Waals surface area contributed by atoms with Crippen LogP contribution in [-0.2, 0) is 4.74 Å². The van der Waals surface area contributed by atoms with Crippen LogP contribution in [0, 0.1) is 11.7 Å². The van der Waals surface area contributed by atoms with Crippen molar-refractivity contribution in [3.8, 4) is 0 Å². The largest absolute Gasteiger partial charge is 0.496 e. The van der Waals surface area contributed by atoms with Gasteiger partial charge in [-0.25, -0.2) is 4.39 Å². The molecule has 0 heterocycles. The minimum atomic E-state index is -0.372. The number of hydrogen-bond acceptors (Lipinski definition) is 2. The molecule has 22 heavy (non-hydrogen) atoms. The van der Waals surface area contributed by atoms with Gasteiger partial charge in [0.15, 0.2) is 5.78 Å². The number of halogens is 2. The van der Waals surface area contributed by atoms with Crippen molar-refractivity contribution in [1.82, 2.24) is 0 Å². The van der Waals surface area contributed by atoms with Crippen molar-refractivity contribution in [3.05, 3.63) is 58.6 Å². The van der Waals surface area contributed by atoms with Gasteiger partial charge in [0.2, 0.25) is 0 Å². The Balaban J connectivity index is 1.96. The lowest BCUT2D eigenvalue weighted by Crippen LogP contribution is -2.19. The van der Waals surface area contributed by atoms with E-state index in [0.717, 1.165) is 18.4 Å². The summed E-state index contributed by atoms with van der Waals surface area (Å²) in [5.41, 5.74) is 1.67. The molecule has 0 amide bonds. The summed E-state index contributed by atoms with van der Waals surface area (Å²) >= 11 is 6.24. The summed E-state index contributed by atoms with van der Waals surface area (Å²) in [6.07, 6.45) is 5.66. The van der Waals surface area contributed by atoms with E-state index < -0.39 is 0 Å². The van der Waals surface area contributed by atoms with Crippen LogP contribution in [0.2, 0.25) is 0 Å². The molecule has 116 valence electrons. The number of rotatable bonds is 4. The second-order valence-corrected chi connectivity index (χ2v) is 6.50. The van der Waals surface area contributed by atoms with E-state index in [0.29, 0.717) is 22.8 Å². The molecular weight excluding hydrogens is 303 g/mol. The molecule has 4 heteroatoms. The monoisotopic (exact) mass is 320 g/mol. The van der Waals surface area contributed by atoms with E-state index >= 15 is 0 Å². The lowest BCUT2D eigenvalue weighted by molar-refractivity contribution is 0.102. The number of alkyl halides is 1. The Morgan fingerprint density at radius 2 is 2.00 bits per heavy atom. The van der Waals surface area contributed by atoms with Crippen LogP contribution in [-0.4, -0.2) is 18.3 Å². The van der Waals surface area contributed by atoms with Gasteiger partial charge in [0.25, 0.3) is 0 Å². The third-order valence-electron chi connectivity index (χ3n) is 4.20. The molecule has 2 aliphatic rings. The summed E-state index contributed by atoms with van der Waals surface area (Å²) in [5, 5.41) is -0.269. The van der Waals surface area contributed by atoms with E-state index in [1.807, 2.05) is 13.0 Å². The second-order valence-electron chi connectivity index (χ2n) is 6.00. The fraction of sp³-hybridized carbons (Fsp3) is 0.389. The molecule has 0 aromatic heterocycles. The molecule has 0 aliphatic heterocycles. The maximum absolute atomic E-state index is 13.8. The van der Waals surface area contributed by atoms with Crippen molar-refractivity contribution in [1.29, 1.82) is 0 Å². The van der Waals surface area contributed by atoms with E-state index in [-0.39, 0.29) is 22.9 Å². The van der Waals surface area contributed by atoms with E-state index in [4.69, 9.17) is 16.3 Å². The average Bonchev–Trinajstić information content (AvgIpc) is 3.33. The predicted molar refractivity (Wildman–Crippen MR) is 84.7 cm³/mol. The van der Waals surface area contributed by atoms with Gasteiger partial charge < -0.3 is 4.74 Å². The molecule has 0 radical (unpaired) electrons. The Bertz CT molecular complexity index is 674. The normalized spacial score (nSPS) is 24.5. The van der Waals surface area contributed by atoms with Crippen LogP contribution >= 0.6 is 11.6 Å². The molecule has 0 spiro atoms. The quantitative estimate of drug-likeness (QED) is 0.598. The molecule has 2 atom stereocenters. The number of Topliss-reactive ketones (excluding diaryl/α,β-unsaturated/α-hetero) is 1. The van der Waals surface area contributed by atoms with Crippen LogP contribution in [0.15, 0.2) is 41.7 Å². The van der Waals surface area contributed by atoms with Crippen LogP contribution in [0.25, 0.3) is 0 Å². The molecule has 0 N–H and O–H groups in total. The predicted octanol–water partition coefficient (Wildman–Crippen LogP) is 4.60. The Morgan fingerprint density at radius 1 is 1.27 bits per heavy atom. The van der Waals surface area contributed by atoms with Crippen LogP contribution < -0.4 is 0 Å². The summed E-state index contributed by atoms with van der Waals surface area (Å²) in [4.78, 5) is 12.8. The first-order chi connectivity index (χ1) is 10.5. The minimum absolute atomic E-state index is 0.0858. The molecule has 0 saturated heterocycles. The van der Waals surface area contributed by atoms with Gasteiger partial charge in [-0.2, -0.15) is 0 Å². The fourth-order valence-corrected chi connectivity index (χ4v) is 2.93. The molecule has 1 saturated carbocycles. The average molecular weight is 321 g/mol. The van der Waals surface area contributed by atoms with Crippen molar-refractivity contribution in [2.75, 3.05) is 7.11 Å². The summed E-state index contributed by atoms with van der Waals surface area (Å²) in [5.74, 6) is 0.366. The Hall–Kier alpha value is -1.61. The van der Waals surface area contributed by atoms with Crippen molar-refractivity contribution in [2.24, 2.45) is 5.92 Å². The van der Waals surface area contributed by atoms with Gasteiger partial charge in [-0.15, -0.1) is 11.6 Å². The van der Waals surface area contributed by atoms with Crippen LogP contribution in [0.3, 0.4) is 0 Å². The standard InChI is InChI=1S/C18H18ClFO2/c1-10-5-17(22-2)15(9-16(10)19)18(21)13-6-12(11-3-4-11)7-14(20)8-13/h5-11,16H,3-4H2,1-2H3. The molecule has 2 unspecified atom stereocenters. The molecular formula is C18H18ClFO2. The van der Waals surface area contributed by atoms with Crippen LogP contribution in [0.1, 0.15) is 41.6 Å². The highest BCUT2D eigenvalue weighted by Crippen LogP contribution is 2.41. The van der Waals surface area contributed by atoms with E-state index in [2.05, 4.69) is 0 Å². The summed E-state index contributed by atoms with van der Waals surface area (Å²) in [6, 6.07) is 4.59. The van der Waals surface area contributed by atoms with Crippen molar-refractivity contribution in [2.45, 2.75) is 31.1 Å². The molecule has 0 bridgehead atoms. The number of ether oxygens (including phenoxy) is 1. The molecule has 1 fully saturated rings. The van der Waals surface area contributed by atoms with Gasteiger partial charge in [0.05, 0.1) is 18.1 Å². The number of hydrogen-bond donors (Lipinski definition) is 0. The van der Waals surface area contributed by atoms with Crippen LogP contribution in [0.4, 0.5) is 4.39 Å². The smallest absolute Gasteiger partial charge is 0.196 e. The lowest BCUT2D eigenvalue weighted by Gasteiger charge is -2.21. The van der Waals surface area contributed by atoms with Gasteiger partial charge in [-0.1, -0.05) is 13.0 Å². The van der Waals surface area contributed by atoms with Gasteiger partial charge in [0.1, 0.15) is 11.6 Å². The van der Waals surface area contributed by atoms with Crippen molar-refractivity contribution in [3.63, 3.8) is 0 Å². The topological polar surface area (TPSA) is 26.3 Å². The maximum atomic E-state index is 13.8. The van der Waals surface area contributed by atoms with Gasteiger partial charge in [0, 0.05) is 5.56 Å². The van der Waals surface area contributed by atoms with E-state index in [1.54, 1.807) is 12.1 Å². The third-order valence-corrected chi connectivity index (χ3v) is 4.73. The summed E-state index contributed by atoms with van der Waals surface area (Å²) in [6.45, 7) is 1.96.